The summed E-state index contributed by atoms with van der Waals surface area (Å²) in [5.74, 6) is 1.12. The van der Waals surface area contributed by atoms with E-state index in [0.29, 0.717) is 17.7 Å². The number of carbonyl (C=O) groups excluding carboxylic acids is 1. The van der Waals surface area contributed by atoms with Gasteiger partial charge in [0.05, 0.1) is 5.75 Å². The van der Waals surface area contributed by atoms with Crippen LogP contribution in [0.2, 0.25) is 0 Å². The molecule has 19 heavy (non-hydrogen) atoms. The molecule has 0 unspecified atom stereocenters. The Labute approximate surface area is 118 Å². The Morgan fingerprint density at radius 2 is 2.32 bits per heavy atom. The molecule has 0 bridgehead atoms. The number of nitrogens with one attached hydrogen (secondary N) is 1. The van der Waals surface area contributed by atoms with Crippen LogP contribution in [0.4, 0.5) is 0 Å². The zero-order valence-corrected chi connectivity index (χ0v) is 12.4. The van der Waals surface area contributed by atoms with Crippen molar-refractivity contribution in [2.75, 3.05) is 5.75 Å². The number of aryl methyl sites for hydroxylation is 1. The first kappa shape index (κ1) is 14.4. The Morgan fingerprint density at radius 1 is 1.53 bits per heavy atom. The van der Waals surface area contributed by atoms with Crippen LogP contribution < -0.4 is 5.32 Å². The lowest BCUT2D eigenvalue weighted by Gasteiger charge is -2.29. The largest absolute Gasteiger partial charge is 0.352 e. The van der Waals surface area contributed by atoms with Crippen molar-refractivity contribution in [3.8, 4) is 0 Å². The molecule has 0 aromatic carbocycles. The highest BCUT2D eigenvalue weighted by Crippen LogP contribution is 2.24. The van der Waals surface area contributed by atoms with Gasteiger partial charge in [-0.05, 0) is 25.7 Å². The van der Waals surface area contributed by atoms with E-state index in [1.54, 1.807) is 6.33 Å². The first-order chi connectivity index (χ1) is 9.20. The summed E-state index contributed by atoms with van der Waals surface area (Å²) in [6.45, 7) is 5.10. The number of nitrogens with zero attached hydrogens (tertiary/aromatic N) is 3. The number of thioether (sulfide) groups is 1. The predicted molar refractivity (Wildman–Crippen MR) is 76.0 cm³/mol. The number of hydrogen-bond acceptors (Lipinski definition) is 4. The zero-order chi connectivity index (χ0) is 13.7. The fourth-order valence-corrected chi connectivity index (χ4v) is 3.27. The molecular weight excluding hydrogens is 260 g/mol. The average molecular weight is 282 g/mol. The van der Waals surface area contributed by atoms with Gasteiger partial charge in [-0.1, -0.05) is 31.5 Å². The smallest absolute Gasteiger partial charge is 0.230 e. The molecule has 0 aliphatic heterocycles. The van der Waals surface area contributed by atoms with Gasteiger partial charge in [0, 0.05) is 12.6 Å². The first-order valence-electron chi connectivity index (χ1n) is 7.00. The molecule has 0 saturated heterocycles. The van der Waals surface area contributed by atoms with E-state index < -0.39 is 0 Å². The molecule has 6 heteroatoms. The Kier molecular flexibility index (Phi) is 5.24. The number of aromatic nitrogens is 3. The molecule has 1 aliphatic rings. The first-order valence-corrected chi connectivity index (χ1v) is 7.99. The van der Waals surface area contributed by atoms with Gasteiger partial charge in [-0.3, -0.25) is 4.79 Å². The van der Waals surface area contributed by atoms with Crippen molar-refractivity contribution in [3.63, 3.8) is 0 Å². The lowest BCUT2D eigenvalue weighted by atomic mass is 9.86. The van der Waals surface area contributed by atoms with Gasteiger partial charge >= 0.3 is 0 Å². The van der Waals surface area contributed by atoms with Gasteiger partial charge in [-0.15, -0.1) is 10.2 Å². The van der Waals surface area contributed by atoms with Crippen LogP contribution in [0.5, 0.6) is 0 Å². The van der Waals surface area contributed by atoms with Crippen LogP contribution in [0.15, 0.2) is 11.5 Å². The second-order valence-electron chi connectivity index (χ2n) is 5.12. The topological polar surface area (TPSA) is 59.8 Å². The lowest BCUT2D eigenvalue weighted by molar-refractivity contribution is -0.119. The molecule has 1 N–H and O–H groups in total. The number of rotatable bonds is 5. The van der Waals surface area contributed by atoms with E-state index >= 15 is 0 Å². The van der Waals surface area contributed by atoms with E-state index in [9.17, 15) is 4.79 Å². The van der Waals surface area contributed by atoms with Crippen LogP contribution in [0.3, 0.4) is 0 Å². The predicted octanol–water partition coefficient (Wildman–Crippen LogP) is 2.08. The molecule has 0 spiro atoms. The molecule has 1 heterocycles. The number of amides is 1. The third-order valence-corrected chi connectivity index (χ3v) is 4.69. The monoisotopic (exact) mass is 282 g/mol. The van der Waals surface area contributed by atoms with Crippen LogP contribution in [0.25, 0.3) is 0 Å². The zero-order valence-electron chi connectivity index (χ0n) is 11.6. The van der Waals surface area contributed by atoms with E-state index in [1.807, 2.05) is 11.5 Å². The molecule has 5 nitrogen and oxygen atoms in total. The van der Waals surface area contributed by atoms with Crippen molar-refractivity contribution in [2.45, 2.75) is 57.3 Å². The summed E-state index contributed by atoms with van der Waals surface area (Å²) < 4.78 is 1.95. The Morgan fingerprint density at radius 3 is 3.05 bits per heavy atom. The average Bonchev–Trinajstić information content (AvgIpc) is 2.86. The van der Waals surface area contributed by atoms with Crippen LogP contribution in [0.1, 0.15) is 39.5 Å². The van der Waals surface area contributed by atoms with Gasteiger partial charge in [0.1, 0.15) is 6.33 Å². The van der Waals surface area contributed by atoms with Crippen LogP contribution in [-0.2, 0) is 11.3 Å². The normalized spacial score (nSPS) is 23.3. The van der Waals surface area contributed by atoms with Crippen LogP contribution in [-0.4, -0.2) is 32.5 Å². The summed E-state index contributed by atoms with van der Waals surface area (Å²) in [5.41, 5.74) is 0. The van der Waals surface area contributed by atoms with Crippen molar-refractivity contribution < 1.29 is 4.79 Å². The molecule has 0 radical (unpaired) electrons. The van der Waals surface area contributed by atoms with Gasteiger partial charge < -0.3 is 9.88 Å². The van der Waals surface area contributed by atoms with Gasteiger partial charge in [0.2, 0.25) is 5.91 Å². The SMILES string of the molecule is CCn1cnnc1SCC(=O)N[C@H]1CCCC[C@H]1C. The fraction of sp³-hybridized carbons (Fsp3) is 0.769. The Balaban J connectivity index is 1.78. The van der Waals surface area contributed by atoms with E-state index in [1.165, 1.54) is 31.0 Å². The van der Waals surface area contributed by atoms with Crippen LogP contribution in [0, 0.1) is 5.92 Å². The second-order valence-corrected chi connectivity index (χ2v) is 6.07. The van der Waals surface area contributed by atoms with Crippen molar-refractivity contribution >= 4 is 17.7 Å². The molecule has 106 valence electrons. The molecule has 1 amide bonds. The molecule has 2 rings (SSSR count). The van der Waals surface area contributed by atoms with Crippen LogP contribution >= 0.6 is 11.8 Å². The maximum Gasteiger partial charge on any atom is 0.230 e. The quantitative estimate of drug-likeness (QED) is 0.840. The highest BCUT2D eigenvalue weighted by molar-refractivity contribution is 7.99. The third-order valence-electron chi connectivity index (χ3n) is 3.71. The maximum absolute atomic E-state index is 12.0. The van der Waals surface area contributed by atoms with Crippen molar-refractivity contribution in [3.05, 3.63) is 6.33 Å². The summed E-state index contributed by atoms with van der Waals surface area (Å²) in [6, 6.07) is 0.353. The van der Waals surface area contributed by atoms with Crippen molar-refractivity contribution in [2.24, 2.45) is 5.92 Å². The van der Waals surface area contributed by atoms with Crippen molar-refractivity contribution in [1.82, 2.24) is 20.1 Å². The summed E-state index contributed by atoms with van der Waals surface area (Å²) >= 11 is 1.45. The van der Waals surface area contributed by atoms with E-state index in [2.05, 4.69) is 22.4 Å². The van der Waals surface area contributed by atoms with Gasteiger partial charge in [0.15, 0.2) is 5.16 Å². The van der Waals surface area contributed by atoms with E-state index in [-0.39, 0.29) is 5.91 Å². The second kappa shape index (κ2) is 6.93. The molecule has 1 fully saturated rings. The lowest BCUT2D eigenvalue weighted by Crippen LogP contribution is -2.41. The highest BCUT2D eigenvalue weighted by Gasteiger charge is 2.22. The van der Waals surface area contributed by atoms with Gasteiger partial charge in [0.25, 0.3) is 0 Å². The summed E-state index contributed by atoms with van der Waals surface area (Å²) in [6.07, 6.45) is 6.56. The van der Waals surface area contributed by atoms with E-state index in [4.69, 9.17) is 0 Å². The summed E-state index contributed by atoms with van der Waals surface area (Å²) in [4.78, 5) is 12.0. The fourth-order valence-electron chi connectivity index (χ4n) is 2.48. The van der Waals surface area contributed by atoms with E-state index in [0.717, 1.165) is 18.1 Å². The molecule has 1 aromatic rings. The number of carbonyl (C=O) groups is 1. The molecular formula is C13H22N4OS. The molecule has 2 atom stereocenters. The minimum atomic E-state index is 0.106. The highest BCUT2D eigenvalue weighted by atomic mass is 32.2. The minimum Gasteiger partial charge on any atom is -0.352 e. The maximum atomic E-state index is 12.0. The summed E-state index contributed by atoms with van der Waals surface area (Å²) in [5, 5.41) is 11.8. The molecule has 1 aliphatic carbocycles. The Bertz CT molecular complexity index is 421. The molecule has 1 aromatic heterocycles. The van der Waals surface area contributed by atoms with Crippen molar-refractivity contribution in [1.29, 1.82) is 0 Å². The standard InChI is InChI=1S/C13H22N4OS/c1-3-17-9-14-16-13(17)19-8-12(18)15-11-7-5-4-6-10(11)2/h9-11H,3-8H2,1-2H3,(H,15,18)/t10-,11+/m1/s1. The molecule has 1 saturated carbocycles. The minimum absolute atomic E-state index is 0.106. The van der Waals surface area contributed by atoms with Gasteiger partial charge in [-0.25, -0.2) is 0 Å². The third kappa shape index (κ3) is 3.96. The van der Waals surface area contributed by atoms with Gasteiger partial charge in [-0.2, -0.15) is 0 Å². The summed E-state index contributed by atoms with van der Waals surface area (Å²) in [7, 11) is 0. The Hall–Kier alpha value is -1.04. The number of hydrogen-bond donors (Lipinski definition) is 1.